The summed E-state index contributed by atoms with van der Waals surface area (Å²) in [6, 6.07) is 0. The van der Waals surface area contributed by atoms with Gasteiger partial charge in [0.25, 0.3) is 5.89 Å². The molecule has 0 N–H and O–H groups in total. The molecule has 1 unspecified atom stereocenters. The molecule has 0 aliphatic rings. The first-order valence-electron chi connectivity index (χ1n) is 4.07. The molecule has 0 aromatic carbocycles. The van der Waals surface area contributed by atoms with Crippen LogP contribution < -0.4 is 0 Å². The van der Waals surface area contributed by atoms with E-state index < -0.39 is 0 Å². The molecule has 74 valence electrons. The van der Waals surface area contributed by atoms with Gasteiger partial charge in [0, 0.05) is 0 Å². The smallest absolute Gasteiger partial charge is 0.259 e. The van der Waals surface area contributed by atoms with Crippen LogP contribution in [0.1, 0.15) is 23.2 Å². The first-order valence-corrected chi connectivity index (χ1v) is 5.32. The zero-order valence-electron chi connectivity index (χ0n) is 7.69. The second-order valence-corrected chi connectivity index (χ2v) is 4.69. The standard InChI is InChI=1S/C8H8ClN3OS/c1-4(9)7-11-12-8(13-7)6-3-10-5(2)14-6/h3-4H,1-2H3. The van der Waals surface area contributed by atoms with Gasteiger partial charge in [0.2, 0.25) is 5.89 Å². The lowest BCUT2D eigenvalue weighted by atomic mass is 10.5. The van der Waals surface area contributed by atoms with Gasteiger partial charge in [-0.3, -0.25) is 0 Å². The molecular weight excluding hydrogens is 222 g/mol. The Hall–Kier alpha value is -0.940. The van der Waals surface area contributed by atoms with Crippen molar-refractivity contribution in [2.75, 3.05) is 0 Å². The van der Waals surface area contributed by atoms with Gasteiger partial charge in [-0.1, -0.05) is 0 Å². The summed E-state index contributed by atoms with van der Waals surface area (Å²) in [7, 11) is 0. The summed E-state index contributed by atoms with van der Waals surface area (Å²) in [5, 5.41) is 8.43. The minimum absolute atomic E-state index is 0.259. The molecule has 0 amide bonds. The highest BCUT2D eigenvalue weighted by Crippen LogP contribution is 2.27. The van der Waals surface area contributed by atoms with E-state index >= 15 is 0 Å². The van der Waals surface area contributed by atoms with Gasteiger partial charge in [0.1, 0.15) is 10.3 Å². The van der Waals surface area contributed by atoms with Crippen LogP contribution in [0.5, 0.6) is 0 Å². The van der Waals surface area contributed by atoms with E-state index in [4.69, 9.17) is 16.0 Å². The van der Waals surface area contributed by atoms with Crippen molar-refractivity contribution in [1.29, 1.82) is 0 Å². The maximum atomic E-state index is 5.80. The second-order valence-electron chi connectivity index (χ2n) is 2.80. The molecule has 2 heterocycles. The van der Waals surface area contributed by atoms with Gasteiger partial charge in [-0.2, -0.15) is 0 Å². The fraction of sp³-hybridized carbons (Fsp3) is 0.375. The van der Waals surface area contributed by atoms with Crippen LogP contribution in [0, 0.1) is 6.92 Å². The van der Waals surface area contributed by atoms with Crippen molar-refractivity contribution in [3.63, 3.8) is 0 Å². The summed E-state index contributed by atoms with van der Waals surface area (Å²) in [6.45, 7) is 3.71. The summed E-state index contributed by atoms with van der Waals surface area (Å²) < 4.78 is 5.36. The molecule has 0 aliphatic carbocycles. The lowest BCUT2D eigenvalue weighted by molar-refractivity contribution is 0.508. The quantitative estimate of drug-likeness (QED) is 0.743. The van der Waals surface area contributed by atoms with Gasteiger partial charge in [-0.05, 0) is 13.8 Å². The van der Waals surface area contributed by atoms with Crippen molar-refractivity contribution in [3.8, 4) is 10.8 Å². The summed E-state index contributed by atoms with van der Waals surface area (Å²) in [4.78, 5) is 4.98. The van der Waals surface area contributed by atoms with Crippen molar-refractivity contribution in [2.45, 2.75) is 19.2 Å². The van der Waals surface area contributed by atoms with Gasteiger partial charge >= 0.3 is 0 Å². The first-order chi connectivity index (χ1) is 6.66. The van der Waals surface area contributed by atoms with Gasteiger partial charge < -0.3 is 4.42 Å². The van der Waals surface area contributed by atoms with Crippen LogP contribution in [0.3, 0.4) is 0 Å². The van der Waals surface area contributed by atoms with Crippen LogP contribution in [0.25, 0.3) is 10.8 Å². The molecule has 2 rings (SSSR count). The molecule has 0 spiro atoms. The molecule has 0 bridgehead atoms. The third kappa shape index (κ3) is 1.78. The third-order valence-electron chi connectivity index (χ3n) is 1.61. The van der Waals surface area contributed by atoms with E-state index in [2.05, 4.69) is 15.2 Å². The van der Waals surface area contributed by atoms with Gasteiger partial charge in [-0.15, -0.1) is 33.1 Å². The molecule has 0 saturated heterocycles. The molecular formula is C8H8ClN3OS. The average molecular weight is 230 g/mol. The van der Waals surface area contributed by atoms with Crippen molar-refractivity contribution >= 4 is 22.9 Å². The highest BCUT2D eigenvalue weighted by Gasteiger charge is 2.13. The van der Waals surface area contributed by atoms with Crippen LogP contribution >= 0.6 is 22.9 Å². The molecule has 0 saturated carbocycles. The maximum Gasteiger partial charge on any atom is 0.259 e. The molecule has 0 radical (unpaired) electrons. The minimum Gasteiger partial charge on any atom is -0.418 e. The van der Waals surface area contributed by atoms with Crippen LogP contribution in [0.15, 0.2) is 10.6 Å². The zero-order chi connectivity index (χ0) is 10.1. The number of thiazole rings is 1. The normalized spacial score (nSPS) is 13.1. The number of alkyl halides is 1. The van der Waals surface area contributed by atoms with E-state index in [1.165, 1.54) is 11.3 Å². The van der Waals surface area contributed by atoms with Gasteiger partial charge in [0.05, 0.1) is 11.2 Å². The van der Waals surface area contributed by atoms with Crippen LogP contribution in [0.2, 0.25) is 0 Å². The van der Waals surface area contributed by atoms with E-state index in [1.54, 1.807) is 13.1 Å². The molecule has 0 fully saturated rings. The van der Waals surface area contributed by atoms with Gasteiger partial charge in [0.15, 0.2) is 0 Å². The van der Waals surface area contributed by atoms with Crippen LogP contribution in [-0.4, -0.2) is 15.2 Å². The Morgan fingerprint density at radius 3 is 2.79 bits per heavy atom. The number of rotatable bonds is 2. The Morgan fingerprint density at radius 1 is 1.50 bits per heavy atom. The highest BCUT2D eigenvalue weighted by molar-refractivity contribution is 7.14. The number of nitrogens with zero attached hydrogens (tertiary/aromatic N) is 3. The number of hydrogen-bond acceptors (Lipinski definition) is 5. The molecule has 14 heavy (non-hydrogen) atoms. The van der Waals surface area contributed by atoms with Crippen molar-refractivity contribution in [2.24, 2.45) is 0 Å². The lowest BCUT2D eigenvalue weighted by Crippen LogP contribution is -1.81. The predicted octanol–water partition coefficient (Wildman–Crippen LogP) is 2.80. The molecule has 0 aliphatic heterocycles. The highest BCUT2D eigenvalue weighted by atomic mass is 35.5. The van der Waals surface area contributed by atoms with Crippen LogP contribution in [0.4, 0.5) is 0 Å². The maximum absolute atomic E-state index is 5.80. The van der Waals surface area contributed by atoms with E-state index in [0.29, 0.717) is 11.8 Å². The largest absolute Gasteiger partial charge is 0.418 e. The van der Waals surface area contributed by atoms with E-state index in [0.717, 1.165) is 9.88 Å². The summed E-state index contributed by atoms with van der Waals surface area (Å²) in [5.74, 6) is 0.922. The minimum atomic E-state index is -0.259. The van der Waals surface area contributed by atoms with E-state index in [9.17, 15) is 0 Å². The van der Waals surface area contributed by atoms with Gasteiger partial charge in [-0.25, -0.2) is 4.98 Å². The Labute approximate surface area is 89.9 Å². The Morgan fingerprint density at radius 2 is 2.29 bits per heavy atom. The summed E-state index contributed by atoms with van der Waals surface area (Å²) in [6.07, 6.45) is 1.72. The number of aryl methyl sites for hydroxylation is 1. The number of halogens is 1. The molecule has 6 heteroatoms. The Bertz CT molecular complexity index is 437. The Kier molecular flexibility index (Phi) is 2.52. The average Bonchev–Trinajstić information content (AvgIpc) is 2.70. The second kappa shape index (κ2) is 3.67. The Balaban J connectivity index is 2.33. The number of aromatic nitrogens is 3. The zero-order valence-corrected chi connectivity index (χ0v) is 9.26. The summed E-state index contributed by atoms with van der Waals surface area (Å²) in [5.41, 5.74) is 0. The lowest BCUT2D eigenvalue weighted by Gasteiger charge is -1.91. The fourth-order valence-corrected chi connectivity index (χ4v) is 1.74. The fourth-order valence-electron chi connectivity index (χ4n) is 0.955. The van der Waals surface area contributed by atoms with Crippen molar-refractivity contribution in [3.05, 3.63) is 17.1 Å². The third-order valence-corrected chi connectivity index (χ3v) is 2.70. The summed E-state index contributed by atoms with van der Waals surface area (Å²) >= 11 is 7.32. The molecule has 4 nitrogen and oxygen atoms in total. The van der Waals surface area contributed by atoms with Crippen molar-refractivity contribution in [1.82, 2.24) is 15.2 Å². The predicted molar refractivity (Wildman–Crippen MR) is 54.4 cm³/mol. The first kappa shape index (κ1) is 9.61. The topological polar surface area (TPSA) is 51.8 Å². The van der Waals surface area contributed by atoms with Crippen molar-refractivity contribution < 1.29 is 4.42 Å². The molecule has 1 atom stereocenters. The van der Waals surface area contributed by atoms with E-state index in [-0.39, 0.29) is 5.38 Å². The SMILES string of the molecule is Cc1ncc(-c2nnc(C(C)Cl)o2)s1. The van der Waals surface area contributed by atoms with Crippen LogP contribution in [-0.2, 0) is 0 Å². The monoisotopic (exact) mass is 229 g/mol. The number of hydrogen-bond donors (Lipinski definition) is 0. The van der Waals surface area contributed by atoms with E-state index in [1.807, 2.05) is 6.92 Å². The molecule has 2 aromatic rings. The molecule has 2 aromatic heterocycles.